The van der Waals surface area contributed by atoms with Crippen molar-refractivity contribution in [3.05, 3.63) is 46.1 Å². The van der Waals surface area contributed by atoms with Crippen LogP contribution in [0.1, 0.15) is 23.2 Å². The highest BCUT2D eigenvalue weighted by Gasteiger charge is 2.21. The molecule has 3 rings (SSSR count). The largest absolute Gasteiger partial charge is 0.354 e. The molecule has 0 unspecified atom stereocenters. The lowest BCUT2D eigenvalue weighted by atomic mass is 10.2. The zero-order valence-corrected chi connectivity index (χ0v) is 13.2. The van der Waals surface area contributed by atoms with E-state index in [4.69, 9.17) is 23.2 Å². The minimum Gasteiger partial charge on any atom is -0.354 e. The van der Waals surface area contributed by atoms with Crippen LogP contribution in [0.5, 0.6) is 0 Å². The Kier molecular flexibility index (Phi) is 4.45. The Labute approximate surface area is 138 Å². The van der Waals surface area contributed by atoms with E-state index in [0.29, 0.717) is 27.7 Å². The second-order valence-corrected chi connectivity index (χ2v) is 5.95. The highest BCUT2D eigenvalue weighted by Crippen LogP contribution is 2.28. The first kappa shape index (κ1) is 15.1. The van der Waals surface area contributed by atoms with Gasteiger partial charge >= 0.3 is 0 Å². The third-order valence-corrected chi connectivity index (χ3v) is 3.96. The Morgan fingerprint density at radius 3 is 2.64 bits per heavy atom. The van der Waals surface area contributed by atoms with Crippen LogP contribution in [0.3, 0.4) is 0 Å². The van der Waals surface area contributed by atoms with Crippen LogP contribution in [0.15, 0.2) is 30.5 Å². The van der Waals surface area contributed by atoms with Crippen LogP contribution in [0.4, 0.5) is 11.8 Å². The van der Waals surface area contributed by atoms with Crippen molar-refractivity contribution < 1.29 is 4.79 Å². The van der Waals surface area contributed by atoms with Gasteiger partial charge in [-0.15, -0.1) is 0 Å². The summed E-state index contributed by atoms with van der Waals surface area (Å²) in [5, 5.41) is 6.44. The van der Waals surface area contributed by atoms with E-state index < -0.39 is 5.91 Å². The fraction of sp³-hybridized carbons (Fsp3) is 0.267. The standard InChI is InChI=1S/C15H14Cl2N4O/c16-10-2-1-3-11(17)13(10)14(22)20-12-6-7-18-15(21-12)19-8-9-4-5-9/h1-3,6-7,9H,4-5,8H2,(H2,18,19,20,21,22). The van der Waals surface area contributed by atoms with Crippen LogP contribution in [0.25, 0.3) is 0 Å². The lowest BCUT2D eigenvalue weighted by Crippen LogP contribution is -2.15. The van der Waals surface area contributed by atoms with Gasteiger partial charge in [0.25, 0.3) is 5.91 Å². The fourth-order valence-corrected chi connectivity index (χ4v) is 2.53. The van der Waals surface area contributed by atoms with Gasteiger partial charge in [-0.25, -0.2) is 4.98 Å². The van der Waals surface area contributed by atoms with Gasteiger partial charge in [0, 0.05) is 12.7 Å². The number of anilines is 2. The molecule has 1 fully saturated rings. The Balaban J connectivity index is 1.71. The Hall–Kier alpha value is -1.85. The molecular weight excluding hydrogens is 323 g/mol. The number of hydrogen-bond acceptors (Lipinski definition) is 4. The summed E-state index contributed by atoms with van der Waals surface area (Å²) in [5.41, 5.74) is 0.233. The summed E-state index contributed by atoms with van der Waals surface area (Å²) in [4.78, 5) is 20.7. The smallest absolute Gasteiger partial charge is 0.259 e. The van der Waals surface area contributed by atoms with E-state index in [1.165, 1.54) is 12.8 Å². The van der Waals surface area contributed by atoms with Crippen molar-refractivity contribution in [3.8, 4) is 0 Å². The molecule has 0 bridgehead atoms. The molecule has 1 aliphatic carbocycles. The summed E-state index contributed by atoms with van der Waals surface area (Å²) in [6.45, 7) is 0.855. The van der Waals surface area contributed by atoms with Gasteiger partial charge in [-0.05, 0) is 37.0 Å². The van der Waals surface area contributed by atoms with Crippen molar-refractivity contribution in [2.24, 2.45) is 5.92 Å². The van der Waals surface area contributed by atoms with Crippen LogP contribution in [-0.2, 0) is 0 Å². The Morgan fingerprint density at radius 1 is 1.23 bits per heavy atom. The lowest BCUT2D eigenvalue weighted by molar-refractivity contribution is 0.102. The molecule has 7 heteroatoms. The maximum atomic E-state index is 12.3. The molecule has 114 valence electrons. The third-order valence-electron chi connectivity index (χ3n) is 3.33. The quantitative estimate of drug-likeness (QED) is 0.869. The molecule has 5 nitrogen and oxygen atoms in total. The average Bonchev–Trinajstić information content (AvgIpc) is 3.29. The number of rotatable bonds is 5. The van der Waals surface area contributed by atoms with Crippen molar-refractivity contribution in [1.29, 1.82) is 0 Å². The van der Waals surface area contributed by atoms with E-state index >= 15 is 0 Å². The molecule has 1 saturated carbocycles. The second-order valence-electron chi connectivity index (χ2n) is 5.14. The summed E-state index contributed by atoms with van der Waals surface area (Å²) in [7, 11) is 0. The van der Waals surface area contributed by atoms with E-state index in [-0.39, 0.29) is 5.56 Å². The van der Waals surface area contributed by atoms with Gasteiger partial charge in [-0.1, -0.05) is 29.3 Å². The summed E-state index contributed by atoms with van der Waals surface area (Å²) >= 11 is 12.0. The first-order valence-electron chi connectivity index (χ1n) is 6.96. The molecule has 0 saturated heterocycles. The third kappa shape index (κ3) is 3.67. The highest BCUT2D eigenvalue weighted by atomic mass is 35.5. The molecule has 0 atom stereocenters. The molecule has 22 heavy (non-hydrogen) atoms. The molecule has 1 heterocycles. The van der Waals surface area contributed by atoms with Crippen LogP contribution in [-0.4, -0.2) is 22.4 Å². The number of nitrogens with zero attached hydrogens (tertiary/aromatic N) is 2. The average molecular weight is 337 g/mol. The maximum absolute atomic E-state index is 12.3. The topological polar surface area (TPSA) is 66.9 Å². The van der Waals surface area contributed by atoms with Crippen molar-refractivity contribution >= 4 is 40.9 Å². The number of hydrogen-bond donors (Lipinski definition) is 2. The fourth-order valence-electron chi connectivity index (χ4n) is 1.96. The minimum atomic E-state index is -0.401. The molecule has 1 amide bonds. The first-order chi connectivity index (χ1) is 10.6. The number of nitrogens with one attached hydrogen (secondary N) is 2. The number of carbonyl (C=O) groups is 1. The van der Waals surface area contributed by atoms with E-state index in [9.17, 15) is 4.79 Å². The predicted molar refractivity (Wildman–Crippen MR) is 87.7 cm³/mol. The monoisotopic (exact) mass is 336 g/mol. The van der Waals surface area contributed by atoms with E-state index in [1.54, 1.807) is 30.5 Å². The number of aromatic nitrogens is 2. The zero-order chi connectivity index (χ0) is 15.5. The van der Waals surface area contributed by atoms with Crippen molar-refractivity contribution in [3.63, 3.8) is 0 Å². The molecule has 1 aromatic heterocycles. The second kappa shape index (κ2) is 6.50. The van der Waals surface area contributed by atoms with Crippen LogP contribution in [0.2, 0.25) is 10.0 Å². The van der Waals surface area contributed by atoms with E-state index in [0.717, 1.165) is 6.54 Å². The van der Waals surface area contributed by atoms with Gasteiger partial charge in [0.05, 0.1) is 15.6 Å². The first-order valence-corrected chi connectivity index (χ1v) is 7.71. The van der Waals surface area contributed by atoms with Gasteiger partial charge in [-0.3, -0.25) is 4.79 Å². The van der Waals surface area contributed by atoms with Crippen LogP contribution < -0.4 is 10.6 Å². The maximum Gasteiger partial charge on any atom is 0.259 e. The number of carbonyl (C=O) groups excluding carboxylic acids is 1. The normalized spacial score (nSPS) is 13.7. The summed E-state index contributed by atoms with van der Waals surface area (Å²) in [6, 6.07) is 6.53. The molecular formula is C15H14Cl2N4O. The highest BCUT2D eigenvalue weighted by molar-refractivity contribution is 6.40. The molecule has 1 aliphatic rings. The number of amides is 1. The van der Waals surface area contributed by atoms with Crippen LogP contribution >= 0.6 is 23.2 Å². The van der Waals surface area contributed by atoms with Crippen molar-refractivity contribution in [1.82, 2.24) is 9.97 Å². The Bertz CT molecular complexity index is 683. The molecule has 0 aliphatic heterocycles. The van der Waals surface area contributed by atoms with Crippen molar-refractivity contribution in [2.45, 2.75) is 12.8 Å². The Morgan fingerprint density at radius 2 is 1.95 bits per heavy atom. The summed E-state index contributed by atoms with van der Waals surface area (Å²) < 4.78 is 0. The zero-order valence-electron chi connectivity index (χ0n) is 11.6. The molecule has 2 N–H and O–H groups in total. The van der Waals surface area contributed by atoms with Gasteiger partial charge in [0.2, 0.25) is 5.95 Å². The van der Waals surface area contributed by atoms with E-state index in [1.807, 2.05) is 0 Å². The number of halogens is 2. The van der Waals surface area contributed by atoms with Gasteiger partial charge in [0.15, 0.2) is 0 Å². The minimum absolute atomic E-state index is 0.233. The molecule has 2 aromatic rings. The number of benzene rings is 1. The van der Waals surface area contributed by atoms with Crippen molar-refractivity contribution in [2.75, 3.05) is 17.2 Å². The molecule has 0 radical (unpaired) electrons. The molecule has 0 spiro atoms. The summed E-state index contributed by atoms with van der Waals surface area (Å²) in [6.07, 6.45) is 4.08. The predicted octanol–water partition coefficient (Wildman–Crippen LogP) is 3.86. The lowest BCUT2D eigenvalue weighted by Gasteiger charge is -2.09. The van der Waals surface area contributed by atoms with Crippen LogP contribution in [0, 0.1) is 5.92 Å². The molecule has 1 aromatic carbocycles. The van der Waals surface area contributed by atoms with E-state index in [2.05, 4.69) is 20.6 Å². The van der Waals surface area contributed by atoms with Gasteiger partial charge in [0.1, 0.15) is 5.82 Å². The van der Waals surface area contributed by atoms with Gasteiger partial charge in [-0.2, -0.15) is 4.98 Å². The SMILES string of the molecule is O=C(Nc1ccnc(NCC2CC2)n1)c1c(Cl)cccc1Cl. The van der Waals surface area contributed by atoms with Gasteiger partial charge < -0.3 is 10.6 Å². The summed E-state index contributed by atoms with van der Waals surface area (Å²) in [5.74, 6) is 1.20.